The summed E-state index contributed by atoms with van der Waals surface area (Å²) in [5.41, 5.74) is 5.84. The number of carbonyl (C=O) groups excluding carboxylic acids is 1. The molecule has 3 nitrogen and oxygen atoms in total. The minimum Gasteiger partial charge on any atom is -0.273 e. The van der Waals surface area contributed by atoms with Crippen LogP contribution < -0.4 is 5.43 Å². The summed E-state index contributed by atoms with van der Waals surface area (Å²) in [6, 6.07) is 15.9. The molecule has 1 N–H and O–H groups in total. The monoisotopic (exact) mass is 388 g/mol. The molecule has 0 aliphatic rings. The molecular weight excluding hydrogens is 364 g/mol. The van der Waals surface area contributed by atoms with Gasteiger partial charge in [-0.15, -0.1) is 11.8 Å². The van der Waals surface area contributed by atoms with Gasteiger partial charge in [0, 0.05) is 22.1 Å². The Kier molecular flexibility index (Phi) is 7.30. The molecule has 138 valence electrons. The molecule has 0 bridgehead atoms. The first-order valence-electron chi connectivity index (χ1n) is 8.58. The summed E-state index contributed by atoms with van der Waals surface area (Å²) in [4.78, 5) is 13.1. The highest BCUT2D eigenvalue weighted by Crippen LogP contribution is 2.22. The zero-order valence-electron chi connectivity index (χ0n) is 15.7. The molecule has 0 fully saturated rings. The summed E-state index contributed by atoms with van der Waals surface area (Å²) in [6.07, 6.45) is 0.410. The highest BCUT2D eigenvalue weighted by Gasteiger charge is 2.13. The van der Waals surface area contributed by atoms with Gasteiger partial charge in [0.1, 0.15) is 0 Å². The molecule has 0 aromatic heterocycles. The second kappa shape index (κ2) is 9.24. The summed E-state index contributed by atoms with van der Waals surface area (Å²) < 4.78 is 0. The minimum atomic E-state index is -0.0860. The van der Waals surface area contributed by atoms with E-state index in [9.17, 15) is 4.79 Å². The van der Waals surface area contributed by atoms with Crippen molar-refractivity contribution in [2.45, 2.75) is 44.4 Å². The van der Waals surface area contributed by atoms with Crippen molar-refractivity contribution in [3.63, 3.8) is 0 Å². The normalized spacial score (nSPS) is 12.1. The first-order valence-corrected chi connectivity index (χ1v) is 9.94. The van der Waals surface area contributed by atoms with Crippen LogP contribution in [0.2, 0.25) is 5.02 Å². The molecule has 1 amide bonds. The molecule has 2 aromatic carbocycles. The van der Waals surface area contributed by atoms with Crippen LogP contribution in [0.4, 0.5) is 0 Å². The van der Waals surface area contributed by atoms with Gasteiger partial charge in [0.15, 0.2) is 0 Å². The van der Waals surface area contributed by atoms with E-state index < -0.39 is 0 Å². The number of hydrogen-bond donors (Lipinski definition) is 1. The Morgan fingerprint density at radius 2 is 1.69 bits per heavy atom. The van der Waals surface area contributed by atoms with Crippen molar-refractivity contribution >= 4 is 35.0 Å². The maximum atomic E-state index is 12.0. The number of carbonyl (C=O) groups is 1. The molecule has 0 atom stereocenters. The predicted molar refractivity (Wildman–Crippen MR) is 112 cm³/mol. The highest BCUT2D eigenvalue weighted by molar-refractivity contribution is 7.99. The number of hydrazone groups is 1. The van der Waals surface area contributed by atoms with Gasteiger partial charge in [0.2, 0.25) is 5.91 Å². The van der Waals surface area contributed by atoms with Crippen LogP contribution in [-0.4, -0.2) is 17.4 Å². The zero-order valence-corrected chi connectivity index (χ0v) is 17.2. The summed E-state index contributed by atoms with van der Waals surface area (Å²) >= 11 is 7.48. The predicted octanol–water partition coefficient (Wildman–Crippen LogP) is 5.66. The average molecular weight is 389 g/mol. The molecule has 0 saturated carbocycles. The van der Waals surface area contributed by atoms with Crippen molar-refractivity contribution in [3.8, 4) is 0 Å². The lowest BCUT2D eigenvalue weighted by Crippen LogP contribution is -2.19. The number of nitrogens with zero attached hydrogens (tertiary/aromatic N) is 1. The Hall–Kier alpha value is -1.78. The highest BCUT2D eigenvalue weighted by atomic mass is 35.5. The SMILES string of the molecule is CC(=NNC(=O)CCSc1ccc(Cl)cc1)c1ccc(C(C)(C)C)cc1. The molecular formula is C21H25ClN2OS. The van der Waals surface area contributed by atoms with Crippen LogP contribution in [0.15, 0.2) is 58.5 Å². The average Bonchev–Trinajstić information content (AvgIpc) is 2.61. The molecule has 0 spiro atoms. The van der Waals surface area contributed by atoms with Crippen molar-refractivity contribution < 1.29 is 4.79 Å². The Morgan fingerprint density at radius 1 is 1.08 bits per heavy atom. The Balaban J connectivity index is 1.82. The van der Waals surface area contributed by atoms with E-state index >= 15 is 0 Å². The Morgan fingerprint density at radius 3 is 2.27 bits per heavy atom. The third kappa shape index (κ3) is 6.50. The fraction of sp³-hybridized carbons (Fsp3) is 0.333. The number of nitrogens with one attached hydrogen (secondary N) is 1. The molecule has 26 heavy (non-hydrogen) atoms. The van der Waals surface area contributed by atoms with Gasteiger partial charge in [-0.1, -0.05) is 56.6 Å². The van der Waals surface area contributed by atoms with E-state index in [0.29, 0.717) is 17.2 Å². The van der Waals surface area contributed by atoms with Gasteiger partial charge in [-0.2, -0.15) is 5.10 Å². The zero-order chi connectivity index (χ0) is 19.2. The molecule has 2 aromatic rings. The van der Waals surface area contributed by atoms with E-state index in [1.807, 2.05) is 43.3 Å². The third-order valence-corrected chi connectivity index (χ3v) is 5.19. The summed E-state index contributed by atoms with van der Waals surface area (Å²) in [5, 5.41) is 4.93. The number of halogens is 1. The van der Waals surface area contributed by atoms with Crippen LogP contribution in [0.3, 0.4) is 0 Å². The summed E-state index contributed by atoms with van der Waals surface area (Å²) in [7, 11) is 0. The summed E-state index contributed by atoms with van der Waals surface area (Å²) in [5.74, 6) is 0.611. The largest absolute Gasteiger partial charge is 0.273 e. The molecule has 5 heteroatoms. The van der Waals surface area contributed by atoms with Gasteiger partial charge in [-0.05, 0) is 47.7 Å². The number of hydrogen-bond acceptors (Lipinski definition) is 3. The van der Waals surface area contributed by atoms with Crippen LogP contribution in [0.25, 0.3) is 0 Å². The lowest BCUT2D eigenvalue weighted by atomic mass is 9.86. The third-order valence-electron chi connectivity index (χ3n) is 3.93. The van der Waals surface area contributed by atoms with E-state index in [-0.39, 0.29) is 11.3 Å². The molecule has 0 saturated heterocycles. The maximum absolute atomic E-state index is 12.0. The van der Waals surface area contributed by atoms with Crippen molar-refractivity contribution in [2.24, 2.45) is 5.10 Å². The molecule has 2 rings (SSSR count). The second-order valence-corrected chi connectivity index (χ2v) is 8.72. The standard InChI is InChI=1S/C21H25ClN2OS/c1-15(16-5-7-17(8-6-16)21(2,3)4)23-24-20(25)13-14-26-19-11-9-18(22)10-12-19/h5-12H,13-14H2,1-4H3,(H,24,25). The van der Waals surface area contributed by atoms with Crippen LogP contribution in [-0.2, 0) is 10.2 Å². The summed E-state index contributed by atoms with van der Waals surface area (Å²) in [6.45, 7) is 8.45. The first-order chi connectivity index (χ1) is 12.3. The molecule has 0 unspecified atom stereocenters. The number of amides is 1. The van der Waals surface area contributed by atoms with Crippen LogP contribution in [0.5, 0.6) is 0 Å². The fourth-order valence-corrected chi connectivity index (χ4v) is 3.25. The van der Waals surface area contributed by atoms with Crippen molar-refractivity contribution in [3.05, 3.63) is 64.7 Å². The smallest absolute Gasteiger partial charge is 0.240 e. The quantitative estimate of drug-likeness (QED) is 0.394. The van der Waals surface area contributed by atoms with Crippen molar-refractivity contribution in [1.29, 1.82) is 0 Å². The van der Waals surface area contributed by atoms with Crippen LogP contribution in [0.1, 0.15) is 45.2 Å². The maximum Gasteiger partial charge on any atom is 0.240 e. The molecule has 0 aliphatic carbocycles. The molecule has 0 aliphatic heterocycles. The van der Waals surface area contributed by atoms with Gasteiger partial charge in [-0.25, -0.2) is 5.43 Å². The lowest BCUT2D eigenvalue weighted by molar-refractivity contribution is -0.120. The van der Waals surface area contributed by atoms with Gasteiger partial charge < -0.3 is 0 Å². The lowest BCUT2D eigenvalue weighted by Gasteiger charge is -2.19. The topological polar surface area (TPSA) is 41.5 Å². The van der Waals surface area contributed by atoms with E-state index in [2.05, 4.69) is 43.4 Å². The first kappa shape index (κ1) is 20.5. The fourth-order valence-electron chi connectivity index (χ4n) is 2.27. The minimum absolute atomic E-state index is 0.0860. The number of rotatable bonds is 6. The van der Waals surface area contributed by atoms with Gasteiger partial charge >= 0.3 is 0 Å². The van der Waals surface area contributed by atoms with E-state index in [4.69, 9.17) is 11.6 Å². The van der Waals surface area contributed by atoms with E-state index in [0.717, 1.165) is 16.2 Å². The van der Waals surface area contributed by atoms with Gasteiger partial charge in [0.05, 0.1) is 5.71 Å². The number of benzene rings is 2. The van der Waals surface area contributed by atoms with E-state index in [1.165, 1.54) is 5.56 Å². The van der Waals surface area contributed by atoms with Crippen LogP contribution >= 0.6 is 23.4 Å². The van der Waals surface area contributed by atoms with Crippen LogP contribution in [0, 0.1) is 0 Å². The van der Waals surface area contributed by atoms with Crippen molar-refractivity contribution in [2.75, 3.05) is 5.75 Å². The van der Waals surface area contributed by atoms with Gasteiger partial charge in [0.25, 0.3) is 0 Å². The molecule has 0 heterocycles. The second-order valence-electron chi connectivity index (χ2n) is 7.11. The Labute approximate surface area is 165 Å². The van der Waals surface area contributed by atoms with Crippen molar-refractivity contribution in [1.82, 2.24) is 5.43 Å². The van der Waals surface area contributed by atoms with Gasteiger partial charge in [-0.3, -0.25) is 4.79 Å². The molecule has 0 radical (unpaired) electrons. The van der Waals surface area contributed by atoms with E-state index in [1.54, 1.807) is 11.8 Å². The number of thioether (sulfide) groups is 1. The Bertz CT molecular complexity index is 762.